The van der Waals surface area contributed by atoms with Crippen molar-refractivity contribution >= 4 is 29.0 Å². The number of imide groups is 1. The fraction of sp³-hybridized carbons (Fsp3) is 0.200. The summed E-state index contributed by atoms with van der Waals surface area (Å²) in [4.78, 5) is 23.2. The smallest absolute Gasteiger partial charge is 0.290 e. The average Bonchev–Trinajstić information content (AvgIpc) is 2.99. The van der Waals surface area contributed by atoms with E-state index in [4.69, 9.17) is 14.2 Å². The van der Waals surface area contributed by atoms with Gasteiger partial charge in [0.15, 0.2) is 11.5 Å². The Morgan fingerprint density at radius 3 is 2.52 bits per heavy atom. The Morgan fingerprint density at radius 1 is 1.00 bits per heavy atom. The van der Waals surface area contributed by atoms with Gasteiger partial charge in [0.05, 0.1) is 25.2 Å². The molecule has 0 bridgehead atoms. The first-order valence-corrected chi connectivity index (χ1v) is 9.21. The molecule has 1 aliphatic heterocycles. The van der Waals surface area contributed by atoms with Crippen LogP contribution in [0.4, 0.5) is 4.79 Å². The summed E-state index contributed by atoms with van der Waals surface area (Å²) in [7, 11) is 1.61. The lowest BCUT2D eigenvalue weighted by molar-refractivity contribution is -0.115. The number of carbonyl (C=O) groups excluding carboxylic acids is 2. The van der Waals surface area contributed by atoms with Gasteiger partial charge >= 0.3 is 0 Å². The summed E-state index contributed by atoms with van der Waals surface area (Å²) in [6.07, 6.45) is 2.37. The number of rotatable bonds is 8. The van der Waals surface area contributed by atoms with E-state index in [2.05, 4.69) is 5.32 Å². The van der Waals surface area contributed by atoms with Crippen LogP contribution in [0.1, 0.15) is 12.0 Å². The summed E-state index contributed by atoms with van der Waals surface area (Å²) in [5, 5.41) is 1.88. The van der Waals surface area contributed by atoms with Gasteiger partial charge in [0, 0.05) is 6.42 Å². The summed E-state index contributed by atoms with van der Waals surface area (Å²) in [5.74, 6) is 1.73. The minimum absolute atomic E-state index is 0.353. The van der Waals surface area contributed by atoms with Crippen molar-refractivity contribution in [3.05, 3.63) is 59.0 Å². The monoisotopic (exact) mass is 385 g/mol. The lowest BCUT2D eigenvalue weighted by Gasteiger charge is -2.11. The number of para-hydroxylation sites is 2. The molecule has 0 aliphatic carbocycles. The van der Waals surface area contributed by atoms with E-state index in [1.165, 1.54) is 0 Å². The molecule has 0 radical (unpaired) electrons. The van der Waals surface area contributed by atoms with Crippen molar-refractivity contribution < 1.29 is 23.8 Å². The molecule has 1 aliphatic rings. The molecule has 0 spiro atoms. The largest absolute Gasteiger partial charge is 0.493 e. The fourth-order valence-corrected chi connectivity index (χ4v) is 3.12. The van der Waals surface area contributed by atoms with Crippen LogP contribution in [0, 0.1) is 0 Å². The highest BCUT2D eigenvalue weighted by atomic mass is 32.2. The number of hydrogen-bond donors (Lipinski definition) is 1. The standard InChI is InChI=1S/C20H19NO5S/c1-24-16-8-2-3-9-17(16)26-11-5-10-25-15-7-4-6-14(12-15)13-18-19(22)21-20(23)27-18/h2-4,6-9,12-13H,5,10-11H2,1H3,(H,21,22,23). The molecule has 6 nitrogen and oxygen atoms in total. The lowest BCUT2D eigenvalue weighted by atomic mass is 10.2. The molecule has 0 saturated carbocycles. The van der Waals surface area contributed by atoms with Gasteiger partial charge in [-0.2, -0.15) is 0 Å². The van der Waals surface area contributed by atoms with Crippen molar-refractivity contribution in [2.24, 2.45) is 0 Å². The van der Waals surface area contributed by atoms with Crippen LogP contribution >= 0.6 is 11.8 Å². The Bertz CT molecular complexity index is 865. The van der Waals surface area contributed by atoms with E-state index in [0.29, 0.717) is 41.8 Å². The topological polar surface area (TPSA) is 73.9 Å². The van der Waals surface area contributed by atoms with Crippen molar-refractivity contribution in [1.29, 1.82) is 0 Å². The Balaban J connectivity index is 1.48. The number of methoxy groups -OCH3 is 1. The number of amides is 2. The van der Waals surface area contributed by atoms with Gasteiger partial charge in [-0.25, -0.2) is 0 Å². The van der Waals surface area contributed by atoms with Crippen molar-refractivity contribution in [2.45, 2.75) is 6.42 Å². The SMILES string of the molecule is COc1ccccc1OCCCOc1cccc(C=C2SC(=O)NC2=O)c1. The third-order valence-electron chi connectivity index (χ3n) is 3.68. The van der Waals surface area contributed by atoms with Crippen molar-refractivity contribution in [3.8, 4) is 17.2 Å². The molecule has 2 aromatic rings. The highest BCUT2D eigenvalue weighted by molar-refractivity contribution is 8.18. The molecule has 140 valence electrons. The van der Waals surface area contributed by atoms with E-state index < -0.39 is 0 Å². The average molecular weight is 385 g/mol. The summed E-state index contributed by atoms with van der Waals surface area (Å²) in [6, 6.07) is 14.8. The van der Waals surface area contributed by atoms with Crippen LogP contribution in [0.5, 0.6) is 17.2 Å². The second-order valence-corrected chi connectivity index (χ2v) is 6.64. The zero-order chi connectivity index (χ0) is 19.1. The highest BCUT2D eigenvalue weighted by Gasteiger charge is 2.24. The molecule has 7 heteroatoms. The molecule has 1 N–H and O–H groups in total. The van der Waals surface area contributed by atoms with Gasteiger partial charge < -0.3 is 14.2 Å². The molecule has 0 atom stereocenters. The molecule has 1 saturated heterocycles. The van der Waals surface area contributed by atoms with Gasteiger partial charge in [-0.05, 0) is 47.7 Å². The molecule has 2 amide bonds. The summed E-state index contributed by atoms with van der Waals surface area (Å²) < 4.78 is 16.7. The number of carbonyl (C=O) groups is 2. The number of thioether (sulfide) groups is 1. The zero-order valence-electron chi connectivity index (χ0n) is 14.8. The molecule has 3 rings (SSSR count). The molecule has 1 heterocycles. The maximum Gasteiger partial charge on any atom is 0.290 e. The summed E-state index contributed by atoms with van der Waals surface area (Å²) in [5.41, 5.74) is 0.796. The van der Waals surface area contributed by atoms with Gasteiger partial charge in [-0.3, -0.25) is 14.9 Å². The van der Waals surface area contributed by atoms with E-state index in [0.717, 1.165) is 17.3 Å². The summed E-state index contributed by atoms with van der Waals surface area (Å²) in [6.45, 7) is 0.992. The van der Waals surface area contributed by atoms with Gasteiger partial charge in [0.1, 0.15) is 5.75 Å². The number of hydrogen-bond acceptors (Lipinski definition) is 6. The van der Waals surface area contributed by atoms with Crippen molar-refractivity contribution in [2.75, 3.05) is 20.3 Å². The number of benzene rings is 2. The highest BCUT2D eigenvalue weighted by Crippen LogP contribution is 2.27. The van der Waals surface area contributed by atoms with Crippen molar-refractivity contribution in [3.63, 3.8) is 0 Å². The molecule has 27 heavy (non-hydrogen) atoms. The van der Waals surface area contributed by atoms with Crippen LogP contribution in [-0.4, -0.2) is 31.5 Å². The zero-order valence-corrected chi connectivity index (χ0v) is 15.6. The second-order valence-electron chi connectivity index (χ2n) is 5.63. The van der Waals surface area contributed by atoms with Gasteiger partial charge in [-0.15, -0.1) is 0 Å². The van der Waals surface area contributed by atoms with Gasteiger partial charge in [0.25, 0.3) is 11.1 Å². The van der Waals surface area contributed by atoms with Crippen LogP contribution in [0.2, 0.25) is 0 Å². The minimum Gasteiger partial charge on any atom is -0.493 e. The predicted octanol–water partition coefficient (Wildman–Crippen LogP) is 3.87. The van der Waals surface area contributed by atoms with E-state index in [1.54, 1.807) is 13.2 Å². The molecular formula is C20H19NO5S. The minimum atomic E-state index is -0.371. The molecular weight excluding hydrogens is 366 g/mol. The second kappa shape index (κ2) is 9.14. The molecule has 0 aromatic heterocycles. The Labute approximate surface area is 161 Å². The Hall–Kier alpha value is -2.93. The first-order valence-electron chi connectivity index (χ1n) is 8.39. The van der Waals surface area contributed by atoms with Crippen LogP contribution in [0.15, 0.2) is 53.4 Å². The van der Waals surface area contributed by atoms with E-state index in [1.807, 2.05) is 48.5 Å². The Kier molecular flexibility index (Phi) is 6.38. The molecule has 0 unspecified atom stereocenters. The van der Waals surface area contributed by atoms with Gasteiger partial charge in [-0.1, -0.05) is 24.3 Å². The maximum absolute atomic E-state index is 11.6. The molecule has 1 fully saturated rings. The van der Waals surface area contributed by atoms with Crippen molar-refractivity contribution in [1.82, 2.24) is 5.32 Å². The number of ether oxygens (including phenoxy) is 3. The lowest BCUT2D eigenvalue weighted by Crippen LogP contribution is -2.17. The van der Waals surface area contributed by atoms with Crippen LogP contribution in [-0.2, 0) is 4.79 Å². The van der Waals surface area contributed by atoms with Crippen LogP contribution in [0.3, 0.4) is 0 Å². The molecule has 2 aromatic carbocycles. The third kappa shape index (κ3) is 5.27. The summed E-state index contributed by atoms with van der Waals surface area (Å²) >= 11 is 0.894. The van der Waals surface area contributed by atoms with E-state index >= 15 is 0 Å². The quantitative estimate of drug-likeness (QED) is 0.549. The first-order chi connectivity index (χ1) is 13.2. The van der Waals surface area contributed by atoms with Crippen LogP contribution < -0.4 is 19.5 Å². The first kappa shape index (κ1) is 18.8. The normalized spacial score (nSPS) is 14.9. The van der Waals surface area contributed by atoms with E-state index in [-0.39, 0.29) is 11.1 Å². The number of nitrogens with one attached hydrogen (secondary N) is 1. The third-order valence-corrected chi connectivity index (χ3v) is 4.49. The fourth-order valence-electron chi connectivity index (χ4n) is 2.44. The van der Waals surface area contributed by atoms with E-state index in [9.17, 15) is 9.59 Å². The maximum atomic E-state index is 11.6. The predicted molar refractivity (Wildman–Crippen MR) is 104 cm³/mol. The Morgan fingerprint density at radius 2 is 1.78 bits per heavy atom. The van der Waals surface area contributed by atoms with Crippen LogP contribution in [0.25, 0.3) is 6.08 Å². The van der Waals surface area contributed by atoms with Gasteiger partial charge in [0.2, 0.25) is 0 Å².